The average molecular weight is 357 g/mol. The fourth-order valence-corrected chi connectivity index (χ4v) is 2.34. The number of hydrogen-bond donors (Lipinski definition) is 1. The predicted molar refractivity (Wildman–Crippen MR) is 97.1 cm³/mol. The number of nitrogens with zero attached hydrogens (tertiary/aromatic N) is 1. The molecule has 128 valence electrons. The highest BCUT2D eigenvalue weighted by Gasteiger charge is 2.14. The van der Waals surface area contributed by atoms with Gasteiger partial charge in [-0.15, -0.1) is 0 Å². The van der Waals surface area contributed by atoms with E-state index in [1.807, 2.05) is 38.1 Å². The highest BCUT2D eigenvalue weighted by atomic mass is 35.5. The molecular weight excluding hydrogens is 340 g/mol. The van der Waals surface area contributed by atoms with E-state index in [1.54, 1.807) is 30.3 Å². The Morgan fingerprint density at radius 2 is 1.80 bits per heavy atom. The van der Waals surface area contributed by atoms with Crippen molar-refractivity contribution >= 4 is 23.2 Å². The molecule has 0 saturated heterocycles. The number of benzene rings is 2. The summed E-state index contributed by atoms with van der Waals surface area (Å²) in [4.78, 5) is 12.2. The Hall–Kier alpha value is -2.79. The quantitative estimate of drug-likeness (QED) is 0.696. The van der Waals surface area contributed by atoms with E-state index in [0.717, 1.165) is 11.3 Å². The molecule has 1 N–H and O–H groups in total. The number of amides is 1. The summed E-state index contributed by atoms with van der Waals surface area (Å²) in [6, 6.07) is 15.9. The van der Waals surface area contributed by atoms with Crippen molar-refractivity contribution in [2.45, 2.75) is 20.0 Å². The summed E-state index contributed by atoms with van der Waals surface area (Å²) in [5.41, 5.74) is 1.65. The van der Waals surface area contributed by atoms with Crippen LogP contribution in [0.1, 0.15) is 24.3 Å². The Morgan fingerprint density at radius 1 is 1.12 bits per heavy atom. The maximum atomic E-state index is 12.2. The van der Waals surface area contributed by atoms with Crippen LogP contribution in [0.5, 0.6) is 5.75 Å². The molecule has 1 aromatic heterocycles. The molecule has 0 radical (unpaired) electrons. The van der Waals surface area contributed by atoms with Crippen LogP contribution in [0.25, 0.3) is 11.3 Å². The van der Waals surface area contributed by atoms with Gasteiger partial charge < -0.3 is 14.6 Å². The Balaban J connectivity index is 1.71. The summed E-state index contributed by atoms with van der Waals surface area (Å²) in [5.74, 6) is 0.938. The molecule has 0 atom stereocenters. The fourth-order valence-electron chi connectivity index (χ4n) is 2.22. The highest BCUT2D eigenvalue weighted by Crippen LogP contribution is 2.24. The van der Waals surface area contributed by atoms with Crippen LogP contribution in [-0.4, -0.2) is 17.2 Å². The fraction of sp³-hybridized carbons (Fsp3) is 0.158. The summed E-state index contributed by atoms with van der Waals surface area (Å²) in [7, 11) is 0. The van der Waals surface area contributed by atoms with Gasteiger partial charge in [-0.05, 0) is 62.4 Å². The van der Waals surface area contributed by atoms with Crippen LogP contribution >= 0.6 is 11.6 Å². The number of aromatic nitrogens is 1. The van der Waals surface area contributed by atoms with Crippen molar-refractivity contribution in [2.24, 2.45) is 0 Å². The molecule has 1 heterocycles. The topological polar surface area (TPSA) is 64.4 Å². The van der Waals surface area contributed by atoms with Crippen LogP contribution in [0.4, 0.5) is 5.69 Å². The molecule has 0 spiro atoms. The lowest BCUT2D eigenvalue weighted by Crippen LogP contribution is -2.11. The molecule has 0 aliphatic heterocycles. The van der Waals surface area contributed by atoms with Gasteiger partial charge >= 0.3 is 0 Å². The maximum Gasteiger partial charge on any atom is 0.277 e. The van der Waals surface area contributed by atoms with Gasteiger partial charge in [-0.3, -0.25) is 4.79 Å². The molecule has 0 bridgehead atoms. The standard InChI is InChI=1S/C19H17ClN2O3/c1-12(2)24-16-9-3-13(4-10-16)18-11-17(22-25-18)19(23)21-15-7-5-14(20)6-8-15/h3-12H,1-2H3,(H,21,23). The molecule has 2 aromatic carbocycles. The maximum absolute atomic E-state index is 12.2. The average Bonchev–Trinajstić information content (AvgIpc) is 3.07. The smallest absolute Gasteiger partial charge is 0.277 e. The van der Waals surface area contributed by atoms with E-state index in [9.17, 15) is 4.79 Å². The van der Waals surface area contributed by atoms with Crippen LogP contribution in [0.2, 0.25) is 5.02 Å². The van der Waals surface area contributed by atoms with Gasteiger partial charge in [0.05, 0.1) is 6.10 Å². The molecule has 6 heteroatoms. The van der Waals surface area contributed by atoms with Gasteiger partial charge in [0.15, 0.2) is 11.5 Å². The van der Waals surface area contributed by atoms with E-state index in [2.05, 4.69) is 10.5 Å². The van der Waals surface area contributed by atoms with Crippen molar-refractivity contribution in [3.05, 3.63) is 65.3 Å². The third-order valence-corrected chi connectivity index (χ3v) is 3.61. The number of halogens is 1. The lowest BCUT2D eigenvalue weighted by atomic mass is 10.1. The molecule has 0 aliphatic carbocycles. The molecule has 0 fully saturated rings. The van der Waals surface area contributed by atoms with E-state index < -0.39 is 0 Å². The van der Waals surface area contributed by atoms with Crippen molar-refractivity contribution in [2.75, 3.05) is 5.32 Å². The molecule has 0 unspecified atom stereocenters. The van der Waals surface area contributed by atoms with Gasteiger partial charge in [0.25, 0.3) is 5.91 Å². The largest absolute Gasteiger partial charge is 0.491 e. The molecule has 1 amide bonds. The van der Waals surface area contributed by atoms with Crippen LogP contribution in [0.15, 0.2) is 59.1 Å². The number of carbonyl (C=O) groups excluding carboxylic acids is 1. The van der Waals surface area contributed by atoms with Gasteiger partial charge in [-0.1, -0.05) is 16.8 Å². The zero-order valence-corrected chi connectivity index (χ0v) is 14.6. The van der Waals surface area contributed by atoms with Crippen LogP contribution < -0.4 is 10.1 Å². The number of carbonyl (C=O) groups is 1. The van der Waals surface area contributed by atoms with Crippen LogP contribution in [0.3, 0.4) is 0 Å². The molecule has 3 aromatic rings. The minimum absolute atomic E-state index is 0.110. The Labute approximate surface area is 150 Å². The normalized spacial score (nSPS) is 10.7. The van der Waals surface area contributed by atoms with Crippen LogP contribution in [-0.2, 0) is 0 Å². The second-order valence-corrected chi connectivity index (χ2v) is 6.16. The minimum atomic E-state index is -0.350. The predicted octanol–water partition coefficient (Wildman–Crippen LogP) is 5.03. The Kier molecular flexibility index (Phi) is 5.05. The highest BCUT2D eigenvalue weighted by molar-refractivity contribution is 6.30. The summed E-state index contributed by atoms with van der Waals surface area (Å²) < 4.78 is 10.9. The molecule has 25 heavy (non-hydrogen) atoms. The molecular formula is C19H17ClN2O3. The second-order valence-electron chi connectivity index (χ2n) is 5.73. The van der Waals surface area contributed by atoms with E-state index in [4.69, 9.17) is 20.9 Å². The van der Waals surface area contributed by atoms with Crippen molar-refractivity contribution in [1.29, 1.82) is 0 Å². The Morgan fingerprint density at radius 3 is 2.44 bits per heavy atom. The minimum Gasteiger partial charge on any atom is -0.491 e. The van der Waals surface area contributed by atoms with Gasteiger partial charge in [0, 0.05) is 22.3 Å². The lowest BCUT2D eigenvalue weighted by molar-refractivity contribution is 0.101. The van der Waals surface area contributed by atoms with E-state index in [1.165, 1.54) is 0 Å². The zero-order valence-electron chi connectivity index (χ0n) is 13.8. The summed E-state index contributed by atoms with van der Waals surface area (Å²) in [6.45, 7) is 3.94. The third-order valence-electron chi connectivity index (χ3n) is 3.36. The SMILES string of the molecule is CC(C)Oc1ccc(-c2cc(C(=O)Nc3ccc(Cl)cc3)no2)cc1. The number of hydrogen-bond acceptors (Lipinski definition) is 4. The zero-order chi connectivity index (χ0) is 17.8. The molecule has 0 saturated carbocycles. The second kappa shape index (κ2) is 7.40. The first-order valence-corrected chi connectivity index (χ1v) is 8.20. The van der Waals surface area contributed by atoms with Crippen LogP contribution in [0, 0.1) is 0 Å². The number of nitrogens with one attached hydrogen (secondary N) is 1. The van der Waals surface area contributed by atoms with Gasteiger partial charge in [-0.25, -0.2) is 0 Å². The molecule has 5 nitrogen and oxygen atoms in total. The first kappa shape index (κ1) is 17.0. The Bertz CT molecular complexity index is 855. The summed E-state index contributed by atoms with van der Waals surface area (Å²) >= 11 is 5.83. The van der Waals surface area contributed by atoms with Crippen molar-refractivity contribution in [1.82, 2.24) is 5.16 Å². The van der Waals surface area contributed by atoms with E-state index in [-0.39, 0.29) is 17.7 Å². The third kappa shape index (κ3) is 4.39. The van der Waals surface area contributed by atoms with Gasteiger partial charge in [-0.2, -0.15) is 0 Å². The number of rotatable bonds is 5. The number of ether oxygens (including phenoxy) is 1. The van der Waals surface area contributed by atoms with E-state index >= 15 is 0 Å². The van der Waals surface area contributed by atoms with Gasteiger partial charge in [0.2, 0.25) is 0 Å². The number of anilines is 1. The molecule has 3 rings (SSSR count). The van der Waals surface area contributed by atoms with E-state index in [0.29, 0.717) is 16.5 Å². The summed E-state index contributed by atoms with van der Waals surface area (Å²) in [6.07, 6.45) is 0.110. The monoisotopic (exact) mass is 356 g/mol. The first-order chi connectivity index (χ1) is 12.0. The van der Waals surface area contributed by atoms with Crippen molar-refractivity contribution in [3.8, 4) is 17.1 Å². The summed E-state index contributed by atoms with van der Waals surface area (Å²) in [5, 5.41) is 7.18. The van der Waals surface area contributed by atoms with Crippen molar-refractivity contribution in [3.63, 3.8) is 0 Å². The van der Waals surface area contributed by atoms with Gasteiger partial charge in [0.1, 0.15) is 5.75 Å². The lowest BCUT2D eigenvalue weighted by Gasteiger charge is -2.09. The molecule has 0 aliphatic rings. The van der Waals surface area contributed by atoms with Crippen molar-refractivity contribution < 1.29 is 14.1 Å². The first-order valence-electron chi connectivity index (χ1n) is 7.82.